The Bertz CT molecular complexity index is 815. The second-order valence-electron chi connectivity index (χ2n) is 5.42. The molecule has 0 aliphatic carbocycles. The lowest BCUT2D eigenvalue weighted by Crippen LogP contribution is -2.69. The second kappa shape index (κ2) is 8.30. The molecule has 9 heteroatoms. The number of anilines is 1. The van der Waals surface area contributed by atoms with Gasteiger partial charge in [0.1, 0.15) is 0 Å². The highest BCUT2D eigenvalue weighted by atomic mass is 35.5. The van der Waals surface area contributed by atoms with E-state index in [1.54, 1.807) is 11.4 Å². The third kappa shape index (κ3) is 4.71. The van der Waals surface area contributed by atoms with Crippen LogP contribution in [0.5, 0.6) is 0 Å². The van der Waals surface area contributed by atoms with Gasteiger partial charge in [-0.2, -0.15) is 13.2 Å². The van der Waals surface area contributed by atoms with Crippen molar-refractivity contribution in [2.75, 3.05) is 11.9 Å². The van der Waals surface area contributed by atoms with E-state index in [1.807, 2.05) is 0 Å². The van der Waals surface area contributed by atoms with Gasteiger partial charge in [0.2, 0.25) is 0 Å². The first-order valence-electron chi connectivity index (χ1n) is 7.85. The van der Waals surface area contributed by atoms with Gasteiger partial charge in [-0.05, 0) is 37.3 Å². The highest BCUT2D eigenvalue weighted by Crippen LogP contribution is 2.33. The quantitative estimate of drug-likeness (QED) is 0.568. The number of hydrogen-bond acceptors (Lipinski definition) is 4. The number of ether oxygens (including phenoxy) is 1. The summed E-state index contributed by atoms with van der Waals surface area (Å²) < 4.78 is 46.6. The number of rotatable bonds is 6. The van der Waals surface area contributed by atoms with Crippen LogP contribution in [-0.4, -0.2) is 30.3 Å². The predicted octanol–water partition coefficient (Wildman–Crippen LogP) is 4.00. The van der Waals surface area contributed by atoms with Gasteiger partial charge in [-0.3, -0.25) is 4.79 Å². The van der Waals surface area contributed by atoms with Gasteiger partial charge < -0.3 is 15.4 Å². The van der Waals surface area contributed by atoms with Crippen LogP contribution in [0.1, 0.15) is 17.3 Å². The normalized spacial score (nSPS) is 13.4. The number of benzene rings is 2. The molecule has 1 unspecified atom stereocenters. The molecular formula is C18H16ClF3N2O3. The zero-order valence-electron chi connectivity index (χ0n) is 14.1. The lowest BCUT2D eigenvalue weighted by Gasteiger charge is -2.35. The van der Waals surface area contributed by atoms with Crippen molar-refractivity contribution >= 4 is 29.2 Å². The number of alkyl halides is 3. The molecule has 2 aromatic carbocycles. The van der Waals surface area contributed by atoms with Crippen LogP contribution in [0.2, 0.25) is 5.02 Å². The number of nitrogens with one attached hydrogen (secondary N) is 2. The molecule has 0 fully saturated rings. The fraction of sp³-hybridized carbons (Fsp3) is 0.222. The van der Waals surface area contributed by atoms with E-state index < -0.39 is 23.7 Å². The van der Waals surface area contributed by atoms with Crippen LogP contribution < -0.4 is 10.6 Å². The molecule has 2 aromatic rings. The average molecular weight is 401 g/mol. The number of amides is 1. The van der Waals surface area contributed by atoms with Crippen molar-refractivity contribution in [2.24, 2.45) is 0 Å². The SMILES string of the molecule is CCOC(=O)C(NC(=O)c1cccc(Cl)c1)(Nc1ccccc1)C(F)(F)F. The van der Waals surface area contributed by atoms with Crippen molar-refractivity contribution in [1.82, 2.24) is 5.32 Å². The Morgan fingerprint density at radius 3 is 2.30 bits per heavy atom. The summed E-state index contributed by atoms with van der Waals surface area (Å²) in [7, 11) is 0. The van der Waals surface area contributed by atoms with Gasteiger partial charge in [0.25, 0.3) is 5.91 Å². The van der Waals surface area contributed by atoms with Gasteiger partial charge in [0.05, 0.1) is 6.61 Å². The topological polar surface area (TPSA) is 67.4 Å². The van der Waals surface area contributed by atoms with E-state index >= 15 is 0 Å². The predicted molar refractivity (Wildman–Crippen MR) is 94.4 cm³/mol. The molecule has 1 amide bonds. The van der Waals surface area contributed by atoms with Crippen molar-refractivity contribution < 1.29 is 27.5 Å². The Hall–Kier alpha value is -2.74. The van der Waals surface area contributed by atoms with E-state index in [1.165, 1.54) is 55.5 Å². The molecule has 27 heavy (non-hydrogen) atoms. The van der Waals surface area contributed by atoms with Gasteiger partial charge in [0.15, 0.2) is 0 Å². The van der Waals surface area contributed by atoms with Crippen LogP contribution in [0.4, 0.5) is 18.9 Å². The zero-order chi connectivity index (χ0) is 20.1. The second-order valence-corrected chi connectivity index (χ2v) is 5.86. The molecule has 0 saturated carbocycles. The van der Waals surface area contributed by atoms with Gasteiger partial charge in [-0.15, -0.1) is 0 Å². The van der Waals surface area contributed by atoms with Crippen molar-refractivity contribution in [2.45, 2.75) is 18.8 Å². The Balaban J connectivity index is 2.49. The maximum absolute atomic E-state index is 14.0. The van der Waals surface area contributed by atoms with E-state index in [9.17, 15) is 22.8 Å². The third-order valence-electron chi connectivity index (χ3n) is 3.50. The van der Waals surface area contributed by atoms with Crippen molar-refractivity contribution in [3.05, 3.63) is 65.2 Å². The van der Waals surface area contributed by atoms with Gasteiger partial charge in [-0.25, -0.2) is 4.79 Å². The van der Waals surface area contributed by atoms with E-state index in [0.29, 0.717) is 0 Å². The summed E-state index contributed by atoms with van der Waals surface area (Å²) in [6.07, 6.45) is -5.21. The van der Waals surface area contributed by atoms with Crippen LogP contribution in [0.3, 0.4) is 0 Å². The summed E-state index contributed by atoms with van der Waals surface area (Å²) in [6.45, 7) is 1.06. The van der Waals surface area contributed by atoms with Crippen LogP contribution in [0, 0.1) is 0 Å². The molecule has 0 aromatic heterocycles. The number of carbonyl (C=O) groups excluding carboxylic acids is 2. The lowest BCUT2D eigenvalue weighted by molar-refractivity contribution is -0.204. The minimum atomic E-state index is -5.21. The molecule has 0 bridgehead atoms. The molecule has 0 aliphatic rings. The summed E-state index contributed by atoms with van der Waals surface area (Å²) in [5.41, 5.74) is -3.66. The first kappa shape index (κ1) is 20.6. The smallest absolute Gasteiger partial charge is 0.441 e. The molecule has 1 atom stereocenters. The van der Waals surface area contributed by atoms with E-state index in [2.05, 4.69) is 10.1 Å². The molecule has 2 rings (SSSR count). The molecule has 0 aliphatic heterocycles. The van der Waals surface area contributed by atoms with Crippen molar-refractivity contribution in [3.8, 4) is 0 Å². The maximum Gasteiger partial charge on any atom is 0.441 e. The number of carbonyl (C=O) groups is 2. The largest absolute Gasteiger partial charge is 0.463 e. The Morgan fingerprint density at radius 1 is 1.07 bits per heavy atom. The number of hydrogen-bond donors (Lipinski definition) is 2. The molecule has 0 spiro atoms. The first-order chi connectivity index (χ1) is 12.7. The highest BCUT2D eigenvalue weighted by molar-refractivity contribution is 6.31. The summed E-state index contributed by atoms with van der Waals surface area (Å²) in [5, 5.41) is 3.97. The van der Waals surface area contributed by atoms with Crippen LogP contribution in [0.15, 0.2) is 54.6 Å². The van der Waals surface area contributed by atoms with Gasteiger partial charge in [-0.1, -0.05) is 35.9 Å². The molecule has 5 nitrogen and oxygen atoms in total. The van der Waals surface area contributed by atoms with Gasteiger partial charge in [0, 0.05) is 16.3 Å². The fourth-order valence-corrected chi connectivity index (χ4v) is 2.43. The summed E-state index contributed by atoms with van der Waals surface area (Å²) in [5.74, 6) is -2.83. The van der Waals surface area contributed by atoms with Gasteiger partial charge >= 0.3 is 17.8 Å². The molecule has 0 radical (unpaired) electrons. The molecular weight excluding hydrogens is 385 g/mol. The van der Waals surface area contributed by atoms with Crippen molar-refractivity contribution in [3.63, 3.8) is 0 Å². The van der Waals surface area contributed by atoms with E-state index in [4.69, 9.17) is 11.6 Å². The van der Waals surface area contributed by atoms with Crippen LogP contribution in [0.25, 0.3) is 0 Å². The molecule has 2 N–H and O–H groups in total. The molecule has 144 valence electrons. The minimum absolute atomic E-state index is 0.0331. The summed E-state index contributed by atoms with van der Waals surface area (Å²) >= 11 is 5.78. The van der Waals surface area contributed by atoms with E-state index in [-0.39, 0.29) is 22.9 Å². The Morgan fingerprint density at radius 2 is 1.74 bits per heavy atom. The van der Waals surface area contributed by atoms with Crippen molar-refractivity contribution in [1.29, 1.82) is 0 Å². The summed E-state index contributed by atoms with van der Waals surface area (Å²) in [6, 6.07) is 12.5. The highest BCUT2D eigenvalue weighted by Gasteiger charge is 2.63. The fourth-order valence-electron chi connectivity index (χ4n) is 2.24. The van der Waals surface area contributed by atoms with E-state index in [0.717, 1.165) is 0 Å². The Kier molecular flexibility index (Phi) is 6.32. The third-order valence-corrected chi connectivity index (χ3v) is 3.74. The monoisotopic (exact) mass is 400 g/mol. The van der Waals surface area contributed by atoms with Crippen LogP contribution >= 0.6 is 11.6 Å². The minimum Gasteiger partial charge on any atom is -0.463 e. The lowest BCUT2D eigenvalue weighted by atomic mass is 10.1. The molecule has 0 heterocycles. The number of para-hydroxylation sites is 1. The molecule has 0 saturated heterocycles. The number of esters is 1. The summed E-state index contributed by atoms with van der Waals surface area (Å²) in [4.78, 5) is 24.7. The average Bonchev–Trinajstić information content (AvgIpc) is 2.61. The van der Waals surface area contributed by atoms with Crippen LogP contribution in [-0.2, 0) is 9.53 Å². The Labute approximate surface area is 158 Å². The maximum atomic E-state index is 14.0. The standard InChI is InChI=1S/C18H16ClF3N2O3/c1-2-27-16(26)17(18(20,21)22,23-14-9-4-3-5-10-14)24-15(25)12-7-6-8-13(19)11-12/h3-11,23H,2H2,1H3,(H,24,25). The number of halogens is 4. The first-order valence-corrected chi connectivity index (χ1v) is 8.22. The zero-order valence-corrected chi connectivity index (χ0v) is 14.9.